The van der Waals surface area contributed by atoms with E-state index < -0.39 is 25.6 Å². The lowest BCUT2D eigenvalue weighted by Gasteiger charge is -2.31. The maximum Gasteiger partial charge on any atom is 0.469 e. The Balaban J connectivity index is 2.06. The van der Waals surface area contributed by atoms with E-state index in [2.05, 4.69) is 14.5 Å². The van der Waals surface area contributed by atoms with Gasteiger partial charge in [0.05, 0.1) is 23.7 Å². The number of rotatable bonds is 5. The molecule has 148 valence electrons. The van der Waals surface area contributed by atoms with Gasteiger partial charge in [-0.05, 0) is 20.3 Å². The van der Waals surface area contributed by atoms with Gasteiger partial charge in [-0.1, -0.05) is 6.92 Å². The fourth-order valence-electron chi connectivity index (χ4n) is 3.48. The van der Waals surface area contributed by atoms with Gasteiger partial charge in [0.25, 0.3) is 5.91 Å². The third kappa shape index (κ3) is 3.56. The lowest BCUT2D eigenvalue weighted by Crippen LogP contribution is -2.35. The predicted octanol–water partition coefficient (Wildman–Crippen LogP) is 0.628. The second kappa shape index (κ2) is 6.54. The number of nitrogens with zero attached hydrogens (tertiary/aromatic N) is 3. The predicted molar refractivity (Wildman–Crippen MR) is 95.5 cm³/mol. The molecule has 1 aliphatic rings. The van der Waals surface area contributed by atoms with Crippen molar-refractivity contribution >= 4 is 30.6 Å². The Labute approximate surface area is 154 Å². The van der Waals surface area contributed by atoms with Crippen LogP contribution in [0, 0.1) is 12.8 Å². The van der Waals surface area contributed by atoms with Crippen LogP contribution in [0.4, 0.5) is 5.82 Å². The van der Waals surface area contributed by atoms with Crippen LogP contribution < -0.4 is 11.5 Å². The average Bonchev–Trinajstić information content (AvgIpc) is 3.04. The molecule has 0 radical (unpaired) electrons. The van der Waals surface area contributed by atoms with E-state index in [1.54, 1.807) is 18.4 Å². The van der Waals surface area contributed by atoms with Crippen LogP contribution in [-0.4, -0.2) is 42.9 Å². The van der Waals surface area contributed by atoms with Crippen LogP contribution in [0.25, 0.3) is 11.0 Å². The Morgan fingerprint density at radius 2 is 2.19 bits per heavy atom. The number of nitrogens with two attached hydrogens (primary N) is 2. The molecule has 3 atom stereocenters. The monoisotopic (exact) mass is 399 g/mol. The zero-order valence-corrected chi connectivity index (χ0v) is 16.0. The fourth-order valence-corrected chi connectivity index (χ4v) is 3.84. The molecule has 0 saturated carbocycles. The Morgan fingerprint density at radius 3 is 2.78 bits per heavy atom. The van der Waals surface area contributed by atoms with E-state index in [0.717, 1.165) is 0 Å². The summed E-state index contributed by atoms with van der Waals surface area (Å²) in [5, 5.41) is 0.347. The molecule has 1 fully saturated rings. The first kappa shape index (κ1) is 19.7. The number of fused-ring (bicyclic) bond motifs is 1. The number of anilines is 1. The van der Waals surface area contributed by atoms with Crippen molar-refractivity contribution in [3.63, 3.8) is 0 Å². The third-order valence-corrected chi connectivity index (χ3v) is 5.38. The molecule has 0 unspecified atom stereocenters. The Bertz CT molecular complexity index is 956. The van der Waals surface area contributed by atoms with Crippen LogP contribution in [0.3, 0.4) is 0 Å². The SMILES string of the molecule is Cc1nc(N)c2c(C(N)=O)cn([C@]3(C)O[C@H](COP(=O)(O)O)C[C@H]3C)c2n1. The minimum Gasteiger partial charge on any atom is -0.383 e. The number of phosphoric ester groups is 1. The molecule has 0 spiro atoms. The number of amides is 1. The molecule has 11 nitrogen and oxygen atoms in total. The topological polar surface area (TPSA) is 176 Å². The van der Waals surface area contributed by atoms with Gasteiger partial charge in [0.1, 0.15) is 23.0 Å². The summed E-state index contributed by atoms with van der Waals surface area (Å²) in [6.45, 7) is 5.13. The molecule has 0 bridgehead atoms. The summed E-state index contributed by atoms with van der Waals surface area (Å²) in [5.74, 6) is -0.198. The highest BCUT2D eigenvalue weighted by molar-refractivity contribution is 7.46. The molecule has 3 heterocycles. The summed E-state index contributed by atoms with van der Waals surface area (Å²) in [5.41, 5.74) is 11.1. The Morgan fingerprint density at radius 1 is 1.52 bits per heavy atom. The molecule has 0 aliphatic carbocycles. The molecule has 12 heteroatoms. The van der Waals surface area contributed by atoms with E-state index in [4.69, 9.17) is 26.0 Å². The second-order valence-electron chi connectivity index (χ2n) is 6.85. The molecule has 0 aromatic carbocycles. The van der Waals surface area contributed by atoms with Crippen LogP contribution in [-0.2, 0) is 19.6 Å². The van der Waals surface area contributed by atoms with Crippen molar-refractivity contribution in [3.05, 3.63) is 17.6 Å². The maximum atomic E-state index is 11.9. The van der Waals surface area contributed by atoms with Crippen LogP contribution in [0.15, 0.2) is 6.20 Å². The van der Waals surface area contributed by atoms with Crippen molar-refractivity contribution in [2.45, 2.75) is 39.0 Å². The van der Waals surface area contributed by atoms with E-state index >= 15 is 0 Å². The molecule has 27 heavy (non-hydrogen) atoms. The standard InChI is InChI=1S/C15H22N5O6P/c1-7-4-9(6-25-27(22,23)24)26-15(7,3)20-5-10(13(17)21)11-12(16)18-8(2)19-14(11)20/h5,7,9H,4,6H2,1-3H3,(H2,17,21)(H2,16,18,19)(H2,22,23,24)/t7-,9+,15-/m1/s1. The first-order chi connectivity index (χ1) is 12.4. The maximum absolute atomic E-state index is 11.9. The molecule has 1 amide bonds. The van der Waals surface area contributed by atoms with E-state index in [0.29, 0.717) is 23.3 Å². The third-order valence-electron chi connectivity index (χ3n) is 4.89. The Hall–Kier alpha value is -2.04. The summed E-state index contributed by atoms with van der Waals surface area (Å²) in [7, 11) is -4.60. The number of hydrogen-bond acceptors (Lipinski definition) is 7. The van der Waals surface area contributed by atoms with Crippen molar-refractivity contribution in [1.29, 1.82) is 0 Å². The number of carbonyl (C=O) groups excluding carboxylic acids is 1. The van der Waals surface area contributed by atoms with Gasteiger partial charge in [-0.15, -0.1) is 0 Å². The quantitative estimate of drug-likeness (QED) is 0.525. The highest BCUT2D eigenvalue weighted by Crippen LogP contribution is 2.44. The van der Waals surface area contributed by atoms with Crippen LogP contribution in [0.1, 0.15) is 36.5 Å². The summed E-state index contributed by atoms with van der Waals surface area (Å²) < 4.78 is 23.3. The van der Waals surface area contributed by atoms with Gasteiger partial charge in [-0.3, -0.25) is 9.32 Å². The molecular formula is C15H22N5O6P. The van der Waals surface area contributed by atoms with Crippen molar-refractivity contribution in [2.75, 3.05) is 12.3 Å². The molecular weight excluding hydrogens is 377 g/mol. The number of ether oxygens (including phenoxy) is 1. The summed E-state index contributed by atoms with van der Waals surface area (Å²) in [6, 6.07) is 0. The van der Waals surface area contributed by atoms with Crippen molar-refractivity contribution in [2.24, 2.45) is 11.7 Å². The summed E-state index contributed by atoms with van der Waals surface area (Å²) >= 11 is 0. The van der Waals surface area contributed by atoms with E-state index in [-0.39, 0.29) is 23.9 Å². The summed E-state index contributed by atoms with van der Waals surface area (Å²) in [4.78, 5) is 38.2. The van der Waals surface area contributed by atoms with Gasteiger partial charge in [0, 0.05) is 12.1 Å². The molecule has 3 rings (SSSR count). The second-order valence-corrected chi connectivity index (χ2v) is 8.09. The minimum atomic E-state index is -4.60. The number of aryl methyl sites for hydroxylation is 1. The summed E-state index contributed by atoms with van der Waals surface area (Å²) in [6.07, 6.45) is 1.47. The smallest absolute Gasteiger partial charge is 0.383 e. The van der Waals surface area contributed by atoms with Gasteiger partial charge in [0.15, 0.2) is 0 Å². The van der Waals surface area contributed by atoms with Gasteiger partial charge in [-0.2, -0.15) is 0 Å². The van der Waals surface area contributed by atoms with Gasteiger partial charge < -0.3 is 30.6 Å². The first-order valence-corrected chi connectivity index (χ1v) is 9.78. The molecule has 1 aliphatic heterocycles. The highest BCUT2D eigenvalue weighted by atomic mass is 31.2. The molecule has 2 aromatic rings. The molecule has 1 saturated heterocycles. The number of carbonyl (C=O) groups is 1. The van der Waals surface area contributed by atoms with Crippen LogP contribution >= 0.6 is 7.82 Å². The van der Waals surface area contributed by atoms with Gasteiger partial charge in [0.2, 0.25) is 0 Å². The van der Waals surface area contributed by atoms with Crippen molar-refractivity contribution < 1.29 is 28.4 Å². The lowest BCUT2D eigenvalue weighted by molar-refractivity contribution is -0.109. The zero-order chi connectivity index (χ0) is 20.1. The zero-order valence-electron chi connectivity index (χ0n) is 15.1. The largest absolute Gasteiger partial charge is 0.469 e. The highest BCUT2D eigenvalue weighted by Gasteiger charge is 2.46. The van der Waals surface area contributed by atoms with Crippen molar-refractivity contribution in [1.82, 2.24) is 14.5 Å². The van der Waals surface area contributed by atoms with Crippen LogP contribution in [0.5, 0.6) is 0 Å². The first-order valence-electron chi connectivity index (χ1n) is 8.25. The number of nitrogen functional groups attached to an aromatic ring is 1. The lowest BCUT2D eigenvalue weighted by atomic mass is 9.97. The van der Waals surface area contributed by atoms with E-state index in [1.165, 1.54) is 6.20 Å². The average molecular weight is 399 g/mol. The molecule has 6 N–H and O–H groups in total. The van der Waals surface area contributed by atoms with Gasteiger partial charge >= 0.3 is 7.82 Å². The number of phosphoric acid groups is 1. The number of aromatic nitrogens is 3. The molecule has 2 aromatic heterocycles. The van der Waals surface area contributed by atoms with Crippen molar-refractivity contribution in [3.8, 4) is 0 Å². The normalized spacial score (nSPS) is 26.0. The van der Waals surface area contributed by atoms with E-state index in [9.17, 15) is 9.36 Å². The Kier molecular flexibility index (Phi) is 4.77. The van der Waals surface area contributed by atoms with Crippen LogP contribution in [0.2, 0.25) is 0 Å². The minimum absolute atomic E-state index is 0.0873. The number of primary amides is 1. The number of hydrogen-bond donors (Lipinski definition) is 4. The van der Waals surface area contributed by atoms with E-state index in [1.807, 2.05) is 6.92 Å². The van der Waals surface area contributed by atoms with Gasteiger partial charge in [-0.25, -0.2) is 14.5 Å². The fraction of sp³-hybridized carbons (Fsp3) is 0.533.